The molecule has 0 aliphatic rings. The molecule has 3 aromatic rings. The SMILES string of the molecule is CC[C@@H](C)[C@H](NC(=O)OC(C)(C)C)C(=O)Oc1ccc2c(=O)c(Oc3ccccc3)coc2c1. The van der Waals surface area contributed by atoms with E-state index in [9.17, 15) is 14.4 Å². The predicted octanol–water partition coefficient (Wildman–Crippen LogP) is 5.43. The molecular weight excluding hydrogens is 438 g/mol. The molecule has 0 fully saturated rings. The maximum atomic E-state index is 12.9. The van der Waals surface area contributed by atoms with E-state index in [4.69, 9.17) is 18.6 Å². The summed E-state index contributed by atoms with van der Waals surface area (Å²) in [6.45, 7) is 8.95. The fourth-order valence-electron chi connectivity index (χ4n) is 3.12. The topological polar surface area (TPSA) is 104 Å². The zero-order valence-corrected chi connectivity index (χ0v) is 19.9. The minimum absolute atomic E-state index is 0.0434. The Hall–Kier alpha value is -3.81. The van der Waals surface area contributed by atoms with E-state index in [1.807, 2.05) is 19.9 Å². The van der Waals surface area contributed by atoms with Crippen molar-refractivity contribution in [2.24, 2.45) is 5.92 Å². The van der Waals surface area contributed by atoms with Crippen molar-refractivity contribution in [3.8, 4) is 17.2 Å². The predicted molar refractivity (Wildman–Crippen MR) is 127 cm³/mol. The molecule has 0 radical (unpaired) electrons. The number of nitrogens with one attached hydrogen (secondary N) is 1. The van der Waals surface area contributed by atoms with Gasteiger partial charge in [-0.1, -0.05) is 38.5 Å². The van der Waals surface area contributed by atoms with E-state index in [2.05, 4.69) is 5.32 Å². The normalized spacial score (nSPS) is 13.1. The number of para-hydroxylation sites is 1. The average Bonchev–Trinajstić information content (AvgIpc) is 2.78. The van der Waals surface area contributed by atoms with Gasteiger partial charge in [-0.15, -0.1) is 0 Å². The van der Waals surface area contributed by atoms with Gasteiger partial charge in [0.05, 0.1) is 5.39 Å². The van der Waals surface area contributed by atoms with Gasteiger partial charge >= 0.3 is 12.1 Å². The van der Waals surface area contributed by atoms with Crippen LogP contribution in [0.15, 0.2) is 64.0 Å². The number of rotatable bonds is 7. The summed E-state index contributed by atoms with van der Waals surface area (Å²) < 4.78 is 21.9. The number of amides is 1. The molecule has 1 heterocycles. The van der Waals surface area contributed by atoms with Gasteiger partial charge in [-0.3, -0.25) is 4.79 Å². The van der Waals surface area contributed by atoms with E-state index in [1.54, 1.807) is 45.0 Å². The Labute approximate surface area is 197 Å². The molecule has 2 aromatic carbocycles. The van der Waals surface area contributed by atoms with Crippen LogP contribution in [-0.4, -0.2) is 23.7 Å². The molecule has 0 aliphatic heterocycles. The van der Waals surface area contributed by atoms with Crippen LogP contribution in [0.2, 0.25) is 0 Å². The summed E-state index contributed by atoms with van der Waals surface area (Å²) in [6.07, 6.45) is 1.15. The third-order valence-corrected chi connectivity index (χ3v) is 5.04. The van der Waals surface area contributed by atoms with Gasteiger partial charge < -0.3 is 23.9 Å². The van der Waals surface area contributed by atoms with Crippen LogP contribution < -0.4 is 20.2 Å². The molecule has 180 valence electrons. The number of alkyl carbamates (subject to hydrolysis) is 1. The highest BCUT2D eigenvalue weighted by Crippen LogP contribution is 2.24. The Morgan fingerprint density at radius 2 is 1.76 bits per heavy atom. The van der Waals surface area contributed by atoms with E-state index in [1.165, 1.54) is 24.5 Å². The van der Waals surface area contributed by atoms with E-state index < -0.39 is 23.7 Å². The Morgan fingerprint density at radius 3 is 2.41 bits per heavy atom. The molecule has 0 aliphatic carbocycles. The molecule has 0 saturated carbocycles. The zero-order valence-electron chi connectivity index (χ0n) is 19.9. The fraction of sp³-hybridized carbons (Fsp3) is 0.346. The third kappa shape index (κ3) is 6.37. The highest BCUT2D eigenvalue weighted by atomic mass is 16.6. The molecule has 0 unspecified atom stereocenters. The lowest BCUT2D eigenvalue weighted by Crippen LogP contribution is -2.48. The molecule has 0 saturated heterocycles. The average molecular weight is 468 g/mol. The highest BCUT2D eigenvalue weighted by molar-refractivity contribution is 5.85. The second-order valence-corrected chi connectivity index (χ2v) is 8.93. The van der Waals surface area contributed by atoms with Crippen molar-refractivity contribution < 1.29 is 28.2 Å². The van der Waals surface area contributed by atoms with E-state index >= 15 is 0 Å². The zero-order chi connectivity index (χ0) is 24.9. The van der Waals surface area contributed by atoms with Crippen molar-refractivity contribution >= 4 is 23.0 Å². The maximum Gasteiger partial charge on any atom is 0.408 e. The second kappa shape index (κ2) is 10.4. The lowest BCUT2D eigenvalue weighted by atomic mass is 9.99. The first kappa shape index (κ1) is 24.8. The summed E-state index contributed by atoms with van der Waals surface area (Å²) in [4.78, 5) is 37.9. The van der Waals surface area contributed by atoms with E-state index in [0.29, 0.717) is 12.2 Å². The minimum Gasteiger partial charge on any atom is -0.460 e. The summed E-state index contributed by atoms with van der Waals surface area (Å²) in [6, 6.07) is 12.4. The monoisotopic (exact) mass is 467 g/mol. The van der Waals surface area contributed by atoms with E-state index in [0.717, 1.165) is 0 Å². The fourth-order valence-corrected chi connectivity index (χ4v) is 3.12. The number of fused-ring (bicyclic) bond motifs is 1. The van der Waals surface area contributed by atoms with Crippen LogP contribution in [0.4, 0.5) is 4.79 Å². The van der Waals surface area contributed by atoms with Gasteiger partial charge in [-0.05, 0) is 51.0 Å². The van der Waals surface area contributed by atoms with Crippen molar-refractivity contribution in [1.29, 1.82) is 0 Å². The Kier molecular flexibility index (Phi) is 7.61. The van der Waals surface area contributed by atoms with Gasteiger partial charge in [-0.25, -0.2) is 9.59 Å². The molecule has 1 amide bonds. The molecule has 34 heavy (non-hydrogen) atoms. The molecule has 8 nitrogen and oxygen atoms in total. The first-order chi connectivity index (χ1) is 16.1. The number of carbonyl (C=O) groups excluding carboxylic acids is 2. The summed E-state index contributed by atoms with van der Waals surface area (Å²) in [7, 11) is 0. The molecular formula is C26H29NO7. The Balaban J connectivity index is 1.78. The van der Waals surface area contributed by atoms with Crippen molar-refractivity contribution in [2.45, 2.75) is 52.7 Å². The number of carbonyl (C=O) groups is 2. The quantitative estimate of drug-likeness (QED) is 0.365. The van der Waals surface area contributed by atoms with Crippen molar-refractivity contribution in [3.63, 3.8) is 0 Å². The molecule has 2 atom stereocenters. The molecule has 0 bridgehead atoms. The second-order valence-electron chi connectivity index (χ2n) is 8.93. The van der Waals surface area contributed by atoms with Crippen molar-refractivity contribution in [1.82, 2.24) is 5.32 Å². The first-order valence-corrected chi connectivity index (χ1v) is 11.1. The number of hydrogen-bond donors (Lipinski definition) is 1. The lowest BCUT2D eigenvalue weighted by molar-refractivity contribution is -0.138. The van der Waals surface area contributed by atoms with Gasteiger partial charge in [0.25, 0.3) is 0 Å². The van der Waals surface area contributed by atoms with Crippen molar-refractivity contribution in [3.05, 3.63) is 65.0 Å². The van der Waals surface area contributed by atoms with Crippen LogP contribution in [0, 0.1) is 5.92 Å². The van der Waals surface area contributed by atoms with E-state index in [-0.39, 0.29) is 33.8 Å². The summed E-state index contributed by atoms with van der Waals surface area (Å²) in [5, 5.41) is 2.87. The highest BCUT2D eigenvalue weighted by Gasteiger charge is 2.30. The molecule has 0 spiro atoms. The largest absolute Gasteiger partial charge is 0.460 e. The van der Waals surface area contributed by atoms with Crippen LogP contribution in [0.5, 0.6) is 17.2 Å². The van der Waals surface area contributed by atoms with Crippen LogP contribution in [0.1, 0.15) is 41.0 Å². The van der Waals surface area contributed by atoms with Gasteiger partial charge in [0, 0.05) is 6.07 Å². The van der Waals surface area contributed by atoms with Gasteiger partial charge in [0.2, 0.25) is 11.2 Å². The minimum atomic E-state index is -0.913. The smallest absolute Gasteiger partial charge is 0.408 e. The van der Waals surface area contributed by atoms with Gasteiger partial charge in [-0.2, -0.15) is 0 Å². The van der Waals surface area contributed by atoms with Crippen LogP contribution in [-0.2, 0) is 9.53 Å². The molecule has 1 aromatic heterocycles. The summed E-state index contributed by atoms with van der Waals surface area (Å²) in [5.41, 5.74) is -0.824. The molecule has 3 rings (SSSR count). The van der Waals surface area contributed by atoms with Gasteiger partial charge in [0.15, 0.2) is 0 Å². The van der Waals surface area contributed by atoms with Gasteiger partial charge in [0.1, 0.15) is 35.0 Å². The molecule has 8 heteroatoms. The Bertz CT molecular complexity index is 1210. The maximum absolute atomic E-state index is 12.9. The number of esters is 1. The number of hydrogen-bond acceptors (Lipinski definition) is 7. The summed E-state index contributed by atoms with van der Waals surface area (Å²) in [5.74, 6) is -0.117. The van der Waals surface area contributed by atoms with Crippen molar-refractivity contribution in [2.75, 3.05) is 0 Å². The summed E-state index contributed by atoms with van der Waals surface area (Å²) >= 11 is 0. The molecule has 1 N–H and O–H groups in total. The number of benzene rings is 2. The standard InChI is InChI=1S/C26H29NO7/c1-6-16(2)22(27-25(30)34-26(3,4)5)24(29)33-18-12-13-19-20(14-18)31-15-21(23(19)28)32-17-10-8-7-9-11-17/h7-16,22H,6H2,1-5H3,(H,27,30)/t16-,22+/m1/s1. The van der Waals surface area contributed by atoms with Crippen LogP contribution in [0.25, 0.3) is 11.0 Å². The van der Waals surface area contributed by atoms with Crippen LogP contribution in [0.3, 0.4) is 0 Å². The number of ether oxygens (including phenoxy) is 3. The third-order valence-electron chi connectivity index (χ3n) is 5.04. The Morgan fingerprint density at radius 1 is 1.06 bits per heavy atom. The van der Waals surface area contributed by atoms with Crippen LogP contribution >= 0.6 is 0 Å². The lowest BCUT2D eigenvalue weighted by Gasteiger charge is -2.25. The first-order valence-electron chi connectivity index (χ1n) is 11.1.